The fourth-order valence-electron chi connectivity index (χ4n) is 2.91. The van der Waals surface area contributed by atoms with Crippen LogP contribution < -0.4 is 4.84 Å². The van der Waals surface area contributed by atoms with E-state index in [2.05, 4.69) is 60.5 Å². The Kier molecular flexibility index (Phi) is 5.09. The van der Waals surface area contributed by atoms with Crippen molar-refractivity contribution in [3.8, 4) is 5.75 Å². The van der Waals surface area contributed by atoms with Gasteiger partial charge in [-0.2, -0.15) is 0 Å². The van der Waals surface area contributed by atoms with Gasteiger partial charge in [0.2, 0.25) is 0 Å². The fraction of sp³-hybridized carbons (Fsp3) is 0.368. The van der Waals surface area contributed by atoms with Crippen LogP contribution in [0.1, 0.15) is 30.9 Å². The molecule has 0 saturated carbocycles. The van der Waals surface area contributed by atoms with Crippen LogP contribution in [0.15, 0.2) is 54.6 Å². The first-order chi connectivity index (χ1) is 10.9. The van der Waals surface area contributed by atoms with E-state index in [1.807, 2.05) is 11.2 Å². The van der Waals surface area contributed by atoms with E-state index in [4.69, 9.17) is 4.84 Å². The molecule has 22 heavy (non-hydrogen) atoms. The van der Waals surface area contributed by atoms with Gasteiger partial charge in [-0.25, -0.2) is 5.01 Å². The minimum atomic E-state index is 0.861. The number of rotatable bonds is 6. The molecule has 0 N–H and O–H groups in total. The van der Waals surface area contributed by atoms with Gasteiger partial charge in [0.05, 0.1) is 0 Å². The summed E-state index contributed by atoms with van der Waals surface area (Å²) in [6.45, 7) is 5.18. The maximum Gasteiger partial charge on any atom is 0.152 e. The molecule has 1 aliphatic rings. The molecule has 0 aliphatic carbocycles. The molecular weight excluding hydrogens is 272 g/mol. The monoisotopic (exact) mass is 296 g/mol. The highest BCUT2D eigenvalue weighted by atomic mass is 16.7. The summed E-state index contributed by atoms with van der Waals surface area (Å²) in [7, 11) is 0. The first kappa shape index (κ1) is 15.1. The Labute approximate surface area is 133 Å². The van der Waals surface area contributed by atoms with E-state index < -0.39 is 0 Å². The van der Waals surface area contributed by atoms with Crippen LogP contribution in [0.4, 0.5) is 0 Å². The molecular formula is C19H24N2O. The van der Waals surface area contributed by atoms with Crippen LogP contribution in [-0.2, 0) is 6.42 Å². The van der Waals surface area contributed by atoms with Crippen molar-refractivity contribution in [3.05, 3.63) is 65.7 Å². The third-order valence-corrected chi connectivity index (χ3v) is 4.08. The average Bonchev–Trinajstić information content (AvgIpc) is 3.09. The van der Waals surface area contributed by atoms with E-state index in [1.165, 1.54) is 24.0 Å². The first-order valence-electron chi connectivity index (χ1n) is 8.19. The van der Waals surface area contributed by atoms with Gasteiger partial charge in [0.1, 0.15) is 0 Å². The summed E-state index contributed by atoms with van der Waals surface area (Å²) in [5.41, 5.74) is 2.54. The van der Waals surface area contributed by atoms with Crippen molar-refractivity contribution >= 4 is 0 Å². The van der Waals surface area contributed by atoms with Gasteiger partial charge in [0.15, 0.2) is 5.75 Å². The lowest BCUT2D eigenvalue weighted by atomic mass is 10.0. The van der Waals surface area contributed by atoms with Crippen molar-refractivity contribution in [2.75, 3.05) is 19.6 Å². The molecule has 0 spiro atoms. The highest BCUT2D eigenvalue weighted by Gasteiger charge is 2.20. The molecule has 2 aromatic rings. The second kappa shape index (κ2) is 7.43. The SMILES string of the molecule is CCN(Oc1ccccc1Cc1ccccc1)N1CCCC1. The fourth-order valence-corrected chi connectivity index (χ4v) is 2.91. The number of hydrogen-bond donors (Lipinski definition) is 0. The number of hydrogen-bond acceptors (Lipinski definition) is 3. The zero-order chi connectivity index (χ0) is 15.2. The number of hydroxylamine groups is 1. The largest absolute Gasteiger partial charge is 0.391 e. The quantitative estimate of drug-likeness (QED) is 0.752. The second-order valence-electron chi connectivity index (χ2n) is 5.69. The van der Waals surface area contributed by atoms with Crippen molar-refractivity contribution in [1.82, 2.24) is 10.2 Å². The Morgan fingerprint density at radius 2 is 1.64 bits per heavy atom. The van der Waals surface area contributed by atoms with Gasteiger partial charge in [-0.05, 0) is 31.4 Å². The normalized spacial score (nSPS) is 15.4. The standard InChI is InChI=1S/C19H24N2O/c1-2-21(20-14-8-9-15-20)22-19-13-7-6-12-18(19)16-17-10-4-3-5-11-17/h3-7,10-13H,2,8-9,14-16H2,1H3. The van der Waals surface area contributed by atoms with E-state index in [1.54, 1.807) is 0 Å². The molecule has 1 aliphatic heterocycles. The summed E-state index contributed by atoms with van der Waals surface area (Å²) in [5.74, 6) is 0.958. The van der Waals surface area contributed by atoms with Crippen LogP contribution >= 0.6 is 0 Å². The Hall–Kier alpha value is -1.84. The first-order valence-corrected chi connectivity index (χ1v) is 8.19. The summed E-state index contributed by atoms with van der Waals surface area (Å²) in [5, 5.41) is 4.32. The van der Waals surface area contributed by atoms with Crippen molar-refractivity contribution in [1.29, 1.82) is 0 Å². The minimum absolute atomic E-state index is 0.861. The van der Waals surface area contributed by atoms with Gasteiger partial charge in [0, 0.05) is 31.6 Å². The third-order valence-electron chi connectivity index (χ3n) is 4.08. The molecule has 1 fully saturated rings. The number of nitrogens with zero attached hydrogens (tertiary/aromatic N) is 2. The summed E-state index contributed by atoms with van der Waals surface area (Å²) >= 11 is 0. The van der Waals surface area contributed by atoms with Crippen molar-refractivity contribution in [2.45, 2.75) is 26.2 Å². The number of benzene rings is 2. The van der Waals surface area contributed by atoms with Gasteiger partial charge in [-0.3, -0.25) is 0 Å². The highest BCUT2D eigenvalue weighted by molar-refractivity contribution is 5.37. The predicted molar refractivity (Wildman–Crippen MR) is 89.5 cm³/mol. The van der Waals surface area contributed by atoms with E-state index >= 15 is 0 Å². The van der Waals surface area contributed by atoms with Gasteiger partial charge in [0.25, 0.3) is 0 Å². The number of hydrazine groups is 1. The second-order valence-corrected chi connectivity index (χ2v) is 5.69. The van der Waals surface area contributed by atoms with E-state index in [0.717, 1.165) is 31.8 Å². The van der Waals surface area contributed by atoms with Gasteiger partial charge >= 0.3 is 0 Å². The van der Waals surface area contributed by atoms with E-state index in [0.29, 0.717) is 0 Å². The summed E-state index contributed by atoms with van der Waals surface area (Å²) in [4.78, 5) is 6.21. The molecule has 2 aromatic carbocycles. The molecule has 0 bridgehead atoms. The van der Waals surface area contributed by atoms with Gasteiger partial charge in [-0.15, -0.1) is 0 Å². The molecule has 0 unspecified atom stereocenters. The lowest BCUT2D eigenvalue weighted by molar-refractivity contribution is -0.208. The highest BCUT2D eigenvalue weighted by Crippen LogP contribution is 2.23. The average molecular weight is 296 g/mol. The van der Waals surface area contributed by atoms with E-state index in [9.17, 15) is 0 Å². The van der Waals surface area contributed by atoms with Crippen LogP contribution in [-0.4, -0.2) is 29.8 Å². The van der Waals surface area contributed by atoms with Crippen molar-refractivity contribution in [2.24, 2.45) is 0 Å². The van der Waals surface area contributed by atoms with Crippen LogP contribution in [0.3, 0.4) is 0 Å². The van der Waals surface area contributed by atoms with Crippen LogP contribution in [0.5, 0.6) is 5.75 Å². The molecule has 0 atom stereocenters. The Bertz CT molecular complexity index is 579. The Balaban J connectivity index is 1.75. The van der Waals surface area contributed by atoms with Gasteiger partial charge < -0.3 is 4.84 Å². The molecule has 1 saturated heterocycles. The number of para-hydroxylation sites is 1. The molecule has 1 heterocycles. The maximum absolute atomic E-state index is 6.21. The molecule has 116 valence electrons. The van der Waals surface area contributed by atoms with Crippen LogP contribution in [0, 0.1) is 0 Å². The van der Waals surface area contributed by atoms with Crippen molar-refractivity contribution in [3.63, 3.8) is 0 Å². The van der Waals surface area contributed by atoms with Crippen LogP contribution in [0.25, 0.3) is 0 Å². The Morgan fingerprint density at radius 3 is 2.36 bits per heavy atom. The van der Waals surface area contributed by atoms with Crippen molar-refractivity contribution < 1.29 is 4.84 Å². The van der Waals surface area contributed by atoms with Crippen LogP contribution in [0.2, 0.25) is 0 Å². The molecule has 3 rings (SSSR count). The summed E-state index contributed by atoms with van der Waals surface area (Å²) < 4.78 is 0. The maximum atomic E-state index is 6.21. The topological polar surface area (TPSA) is 15.7 Å². The molecule has 0 amide bonds. The molecule has 3 nitrogen and oxygen atoms in total. The Morgan fingerprint density at radius 1 is 0.955 bits per heavy atom. The van der Waals surface area contributed by atoms with Gasteiger partial charge in [-0.1, -0.05) is 53.7 Å². The lowest BCUT2D eigenvalue weighted by Crippen LogP contribution is -2.43. The smallest absolute Gasteiger partial charge is 0.152 e. The van der Waals surface area contributed by atoms with E-state index in [-0.39, 0.29) is 0 Å². The molecule has 0 radical (unpaired) electrons. The molecule has 0 aromatic heterocycles. The molecule has 3 heteroatoms. The zero-order valence-electron chi connectivity index (χ0n) is 13.2. The lowest BCUT2D eigenvalue weighted by Gasteiger charge is -2.30. The zero-order valence-corrected chi connectivity index (χ0v) is 13.2. The predicted octanol–water partition coefficient (Wildman–Crippen LogP) is 3.90. The third kappa shape index (κ3) is 3.67. The summed E-state index contributed by atoms with van der Waals surface area (Å²) in [6, 6.07) is 18.9. The minimum Gasteiger partial charge on any atom is -0.391 e. The summed E-state index contributed by atoms with van der Waals surface area (Å²) in [6.07, 6.45) is 3.41.